The lowest BCUT2D eigenvalue weighted by molar-refractivity contribution is 1.11. The fourth-order valence-corrected chi connectivity index (χ4v) is 3.71. The van der Waals surface area contributed by atoms with Gasteiger partial charge in [0.2, 0.25) is 0 Å². The molecule has 0 bridgehead atoms. The molecule has 4 N–H and O–H groups in total. The summed E-state index contributed by atoms with van der Waals surface area (Å²) >= 11 is 0. The Bertz CT molecular complexity index is 1230. The highest BCUT2D eigenvalue weighted by Gasteiger charge is 2.28. The number of aromatic nitrogens is 3. The van der Waals surface area contributed by atoms with Gasteiger partial charge in [-0.05, 0) is 44.0 Å². The molecule has 8 nitrogen and oxygen atoms in total. The normalized spacial score (nSPS) is 12.9. The molecule has 0 radical (unpaired) electrons. The molecule has 0 atom stereocenters. The predicted molar refractivity (Wildman–Crippen MR) is 126 cm³/mol. The summed E-state index contributed by atoms with van der Waals surface area (Å²) in [6.07, 6.45) is 3.13. The maximum absolute atomic E-state index is 8.03. The van der Waals surface area contributed by atoms with Crippen molar-refractivity contribution in [2.24, 2.45) is 4.99 Å². The van der Waals surface area contributed by atoms with Gasteiger partial charge in [-0.3, -0.25) is 4.90 Å². The molecule has 0 unspecified atom stereocenters. The molecule has 4 rings (SSSR count). The predicted octanol–water partition coefficient (Wildman–Crippen LogP) is 4.09. The van der Waals surface area contributed by atoms with E-state index in [0.717, 1.165) is 33.9 Å². The number of nitrogens with two attached hydrogens (primary N) is 1. The van der Waals surface area contributed by atoms with E-state index in [1.54, 1.807) is 13.1 Å². The Morgan fingerprint density at radius 2 is 1.90 bits per heavy atom. The van der Waals surface area contributed by atoms with Gasteiger partial charge in [0, 0.05) is 17.5 Å². The third-order valence-corrected chi connectivity index (χ3v) is 5.21. The minimum absolute atomic E-state index is 0.262. The molecule has 1 aliphatic rings. The number of aliphatic imine (C=N–C) groups is 1. The van der Waals surface area contributed by atoms with Crippen molar-refractivity contribution in [2.75, 3.05) is 22.5 Å². The van der Waals surface area contributed by atoms with Crippen molar-refractivity contribution in [3.63, 3.8) is 0 Å². The molecule has 0 spiro atoms. The molecule has 3 aromatic rings. The molecule has 1 aromatic carbocycles. The maximum Gasteiger partial charge on any atom is 0.163 e. The first-order chi connectivity index (χ1) is 14.9. The lowest BCUT2D eigenvalue weighted by Gasteiger charge is -2.34. The van der Waals surface area contributed by atoms with Gasteiger partial charge in [0.1, 0.15) is 23.8 Å². The van der Waals surface area contributed by atoms with Crippen LogP contribution in [0.15, 0.2) is 54.4 Å². The van der Waals surface area contributed by atoms with Gasteiger partial charge in [-0.25, -0.2) is 19.9 Å². The van der Waals surface area contributed by atoms with E-state index in [-0.39, 0.29) is 11.5 Å². The monoisotopic (exact) mass is 412 g/mol. The van der Waals surface area contributed by atoms with E-state index in [1.807, 2.05) is 36.1 Å². The average Bonchev–Trinajstić information content (AvgIpc) is 2.73. The van der Waals surface area contributed by atoms with E-state index in [2.05, 4.69) is 39.8 Å². The highest BCUT2D eigenvalue weighted by Crippen LogP contribution is 2.38. The van der Waals surface area contributed by atoms with E-state index >= 15 is 0 Å². The highest BCUT2D eigenvalue weighted by atomic mass is 15.3. The molecule has 0 amide bonds. The van der Waals surface area contributed by atoms with E-state index < -0.39 is 0 Å². The van der Waals surface area contributed by atoms with Crippen LogP contribution in [0.5, 0.6) is 0 Å². The first-order valence-corrected chi connectivity index (χ1v) is 9.86. The third-order valence-electron chi connectivity index (χ3n) is 5.21. The maximum atomic E-state index is 8.03. The summed E-state index contributed by atoms with van der Waals surface area (Å²) in [5.74, 6) is 2.10. The molecule has 0 saturated heterocycles. The second-order valence-electron chi connectivity index (χ2n) is 7.38. The summed E-state index contributed by atoms with van der Waals surface area (Å²) in [5.41, 5.74) is 11.6. The number of hydrogen-bond acceptors (Lipinski definition) is 8. The van der Waals surface area contributed by atoms with Crippen molar-refractivity contribution in [2.45, 2.75) is 20.8 Å². The van der Waals surface area contributed by atoms with Crippen LogP contribution in [0.25, 0.3) is 5.70 Å². The average molecular weight is 413 g/mol. The molecule has 1 aliphatic heterocycles. The van der Waals surface area contributed by atoms with Crippen LogP contribution < -0.4 is 16.0 Å². The summed E-state index contributed by atoms with van der Waals surface area (Å²) in [6.45, 7) is 10.5. The Balaban J connectivity index is 1.79. The number of nitrogen functional groups attached to an aromatic ring is 1. The number of nitrogens with zero attached hydrogens (tertiary/aromatic N) is 5. The van der Waals surface area contributed by atoms with Crippen molar-refractivity contribution in [1.29, 1.82) is 5.41 Å². The largest absolute Gasteiger partial charge is 0.383 e. The summed E-state index contributed by atoms with van der Waals surface area (Å²) in [7, 11) is 0. The van der Waals surface area contributed by atoms with Crippen LogP contribution in [-0.2, 0) is 0 Å². The van der Waals surface area contributed by atoms with Crippen LogP contribution in [0.4, 0.5) is 23.1 Å². The smallest absolute Gasteiger partial charge is 0.163 e. The number of pyridine rings is 1. The lowest BCUT2D eigenvalue weighted by atomic mass is 10.0. The molecule has 0 saturated carbocycles. The van der Waals surface area contributed by atoms with Crippen molar-refractivity contribution in [1.82, 2.24) is 15.0 Å². The fourth-order valence-electron chi connectivity index (χ4n) is 3.71. The van der Waals surface area contributed by atoms with Crippen LogP contribution in [0.1, 0.15) is 29.2 Å². The van der Waals surface area contributed by atoms with Crippen LogP contribution in [0, 0.1) is 19.3 Å². The molecule has 2 aromatic heterocycles. The van der Waals surface area contributed by atoms with Gasteiger partial charge < -0.3 is 16.5 Å². The Labute approximate surface area is 181 Å². The first-order valence-electron chi connectivity index (χ1n) is 9.86. The quantitative estimate of drug-likeness (QED) is 0.544. The molecule has 3 heterocycles. The van der Waals surface area contributed by atoms with E-state index in [0.29, 0.717) is 23.7 Å². The van der Waals surface area contributed by atoms with Gasteiger partial charge in [-0.2, -0.15) is 0 Å². The van der Waals surface area contributed by atoms with E-state index in [4.69, 9.17) is 16.1 Å². The first kappa shape index (κ1) is 20.2. The molecule has 0 aliphatic carbocycles. The van der Waals surface area contributed by atoms with Crippen molar-refractivity contribution in [3.05, 3.63) is 71.7 Å². The van der Waals surface area contributed by atoms with Crippen molar-refractivity contribution >= 4 is 40.4 Å². The molecular formula is C23H24N8. The van der Waals surface area contributed by atoms with Gasteiger partial charge in [0.25, 0.3) is 0 Å². The minimum Gasteiger partial charge on any atom is -0.383 e. The summed E-state index contributed by atoms with van der Waals surface area (Å²) in [5, 5.41) is 11.3. The SMILES string of the molecule is C=C1c2c(C)ccnc2N=C(CNc2ncnc(N)c2C(C)=N)N1c1ccccc1C. The Hall–Kier alpha value is -4.07. The number of para-hydroxylation sites is 1. The van der Waals surface area contributed by atoms with Gasteiger partial charge >= 0.3 is 0 Å². The number of benzene rings is 1. The molecular weight excluding hydrogens is 388 g/mol. The lowest BCUT2D eigenvalue weighted by Crippen LogP contribution is -2.37. The Morgan fingerprint density at radius 3 is 2.65 bits per heavy atom. The summed E-state index contributed by atoms with van der Waals surface area (Å²) in [6, 6.07) is 10.1. The second-order valence-corrected chi connectivity index (χ2v) is 7.38. The zero-order chi connectivity index (χ0) is 22.1. The minimum atomic E-state index is 0.262. The number of nitrogens with one attached hydrogen (secondary N) is 2. The van der Waals surface area contributed by atoms with Crippen molar-refractivity contribution < 1.29 is 0 Å². The van der Waals surface area contributed by atoms with Crippen LogP contribution >= 0.6 is 0 Å². The molecule has 8 heteroatoms. The number of anilines is 3. The second kappa shape index (κ2) is 7.98. The Kier molecular flexibility index (Phi) is 5.21. The standard InChI is InChI=1S/C23H24N8/c1-13-7-5-6-8-17(13)31-16(4)19-14(2)9-10-26-23(19)30-18(31)11-27-22-20(15(3)24)21(25)28-12-29-22/h5-10,12,24H,4,11H2,1-3H3,(H3,25,27,28,29). The summed E-state index contributed by atoms with van der Waals surface area (Å²) in [4.78, 5) is 19.6. The van der Waals surface area contributed by atoms with E-state index in [9.17, 15) is 0 Å². The number of fused-ring (bicyclic) bond motifs is 1. The van der Waals surface area contributed by atoms with Crippen molar-refractivity contribution in [3.8, 4) is 0 Å². The number of rotatable bonds is 5. The van der Waals surface area contributed by atoms with Gasteiger partial charge in [0.05, 0.1) is 23.5 Å². The van der Waals surface area contributed by atoms with Gasteiger partial charge in [-0.15, -0.1) is 0 Å². The van der Waals surface area contributed by atoms with Crippen LogP contribution in [0.3, 0.4) is 0 Å². The summed E-state index contributed by atoms with van der Waals surface area (Å²) < 4.78 is 0. The van der Waals surface area contributed by atoms with Crippen LogP contribution in [0.2, 0.25) is 0 Å². The zero-order valence-corrected chi connectivity index (χ0v) is 17.8. The zero-order valence-electron chi connectivity index (χ0n) is 17.8. The number of aryl methyl sites for hydroxylation is 2. The third kappa shape index (κ3) is 3.63. The molecule has 0 fully saturated rings. The molecule has 156 valence electrons. The fraction of sp³-hybridized carbons (Fsp3) is 0.174. The Morgan fingerprint density at radius 1 is 1.13 bits per heavy atom. The topological polar surface area (TPSA) is 116 Å². The van der Waals surface area contributed by atoms with Gasteiger partial charge in [0.15, 0.2) is 5.82 Å². The van der Waals surface area contributed by atoms with Crippen LogP contribution in [-0.4, -0.2) is 33.0 Å². The molecule has 31 heavy (non-hydrogen) atoms. The van der Waals surface area contributed by atoms with E-state index in [1.165, 1.54) is 6.33 Å². The number of amidine groups is 1. The highest BCUT2D eigenvalue weighted by molar-refractivity contribution is 6.15. The number of hydrogen-bond donors (Lipinski definition) is 3. The van der Waals surface area contributed by atoms with Gasteiger partial charge in [-0.1, -0.05) is 24.8 Å².